The van der Waals surface area contributed by atoms with Gasteiger partial charge in [-0.15, -0.1) is 0 Å². The van der Waals surface area contributed by atoms with Crippen LogP contribution in [0.15, 0.2) is 55.0 Å². The molecule has 194 valence electrons. The summed E-state index contributed by atoms with van der Waals surface area (Å²) in [5.41, 5.74) is 5.25. The van der Waals surface area contributed by atoms with E-state index in [1.165, 1.54) is 37.4 Å². The maximum absolute atomic E-state index is 13.1. The van der Waals surface area contributed by atoms with Crippen molar-refractivity contribution in [3.8, 4) is 11.1 Å². The molecule has 0 radical (unpaired) electrons. The summed E-state index contributed by atoms with van der Waals surface area (Å²) in [4.78, 5) is 36.9. The number of carbonyl (C=O) groups excluding carboxylic acids is 2. The van der Waals surface area contributed by atoms with Crippen LogP contribution in [0.2, 0.25) is 0 Å². The maximum atomic E-state index is 13.1. The molecule has 1 aromatic carbocycles. The molecule has 2 N–H and O–H groups in total. The molecule has 1 saturated carbocycles. The van der Waals surface area contributed by atoms with E-state index in [1.807, 2.05) is 30.6 Å². The molecule has 1 aliphatic carbocycles. The zero-order valence-electron chi connectivity index (χ0n) is 21.4. The number of anilines is 1. The van der Waals surface area contributed by atoms with E-state index in [-0.39, 0.29) is 11.7 Å². The zero-order valence-corrected chi connectivity index (χ0v) is 21.4. The average molecular weight is 509 g/mol. The summed E-state index contributed by atoms with van der Waals surface area (Å²) in [5, 5.41) is 10.8. The highest BCUT2D eigenvalue weighted by Crippen LogP contribution is 2.29. The van der Waals surface area contributed by atoms with Crippen molar-refractivity contribution in [3.05, 3.63) is 71.9 Å². The first-order chi connectivity index (χ1) is 18.6. The molecule has 3 aromatic heterocycles. The minimum atomic E-state index is -0.332. The Bertz CT molecular complexity index is 1450. The zero-order chi connectivity index (χ0) is 25.9. The lowest BCUT2D eigenvalue weighted by molar-refractivity contribution is 0.0956. The summed E-state index contributed by atoms with van der Waals surface area (Å²) in [7, 11) is 0. The second kappa shape index (κ2) is 10.8. The summed E-state index contributed by atoms with van der Waals surface area (Å²) in [5.74, 6) is 0.213. The van der Waals surface area contributed by atoms with Crippen LogP contribution in [0.1, 0.15) is 71.5 Å². The quantitative estimate of drug-likeness (QED) is 0.299. The predicted molar refractivity (Wildman–Crippen MR) is 147 cm³/mol. The first-order valence-corrected chi connectivity index (χ1v) is 13.6. The SMILES string of the molecule is O=C(CC1CCCC1)c1ccc(NC(=O)c2n[nH]c3ccc(-c4cncc(CN5CCCC5)c4)cc23)cn1. The molecule has 0 bridgehead atoms. The topological polar surface area (TPSA) is 104 Å². The van der Waals surface area contributed by atoms with Gasteiger partial charge in [0.2, 0.25) is 0 Å². The number of fused-ring (bicyclic) bond motifs is 1. The lowest BCUT2D eigenvalue weighted by Crippen LogP contribution is -2.18. The Labute approximate surface area is 221 Å². The van der Waals surface area contributed by atoms with Crippen molar-refractivity contribution in [2.75, 3.05) is 18.4 Å². The van der Waals surface area contributed by atoms with Gasteiger partial charge in [0, 0.05) is 36.3 Å². The number of ketones is 1. The van der Waals surface area contributed by atoms with E-state index < -0.39 is 0 Å². The van der Waals surface area contributed by atoms with Crippen molar-refractivity contribution >= 4 is 28.3 Å². The van der Waals surface area contributed by atoms with Crippen LogP contribution < -0.4 is 5.32 Å². The fourth-order valence-corrected chi connectivity index (χ4v) is 5.70. The van der Waals surface area contributed by atoms with E-state index >= 15 is 0 Å². The molecule has 1 aliphatic heterocycles. The molecule has 4 aromatic rings. The van der Waals surface area contributed by atoms with E-state index in [0.717, 1.165) is 54.5 Å². The third-order valence-corrected chi connectivity index (χ3v) is 7.77. The van der Waals surface area contributed by atoms with Gasteiger partial charge in [0.1, 0.15) is 5.69 Å². The summed E-state index contributed by atoms with van der Waals surface area (Å²) in [6, 6.07) is 11.5. The fourth-order valence-electron chi connectivity index (χ4n) is 5.70. The van der Waals surface area contributed by atoms with Crippen LogP contribution >= 0.6 is 0 Å². The molecule has 1 amide bonds. The lowest BCUT2D eigenvalue weighted by atomic mass is 9.99. The van der Waals surface area contributed by atoms with Gasteiger partial charge in [-0.2, -0.15) is 5.10 Å². The van der Waals surface area contributed by atoms with Crippen molar-refractivity contribution < 1.29 is 9.59 Å². The van der Waals surface area contributed by atoms with Crippen molar-refractivity contribution in [1.82, 2.24) is 25.1 Å². The number of benzene rings is 1. The van der Waals surface area contributed by atoms with E-state index in [1.54, 1.807) is 12.1 Å². The molecule has 6 rings (SSSR count). The highest BCUT2D eigenvalue weighted by molar-refractivity contribution is 6.11. The maximum Gasteiger partial charge on any atom is 0.276 e. The van der Waals surface area contributed by atoms with Crippen molar-refractivity contribution in [1.29, 1.82) is 0 Å². The van der Waals surface area contributed by atoms with Crippen LogP contribution in [0.25, 0.3) is 22.0 Å². The number of H-pyrrole nitrogens is 1. The lowest BCUT2D eigenvalue weighted by Gasteiger charge is -2.14. The normalized spacial score (nSPS) is 16.3. The van der Waals surface area contributed by atoms with Crippen LogP contribution in [-0.2, 0) is 6.54 Å². The van der Waals surface area contributed by atoms with Gasteiger partial charge in [-0.05, 0) is 73.3 Å². The Morgan fingerprint density at radius 2 is 1.79 bits per heavy atom. The number of hydrogen-bond acceptors (Lipinski definition) is 6. The summed E-state index contributed by atoms with van der Waals surface area (Å²) in [6.45, 7) is 3.18. The number of likely N-dealkylation sites (tertiary alicyclic amines) is 1. The smallest absolute Gasteiger partial charge is 0.276 e. The van der Waals surface area contributed by atoms with E-state index in [4.69, 9.17) is 0 Å². The number of pyridine rings is 2. The number of nitrogens with zero attached hydrogens (tertiary/aromatic N) is 4. The molecule has 4 heterocycles. The number of carbonyl (C=O) groups is 2. The molecule has 1 saturated heterocycles. The minimum Gasteiger partial charge on any atom is -0.319 e. The molecular formula is C30H32N6O2. The largest absolute Gasteiger partial charge is 0.319 e. The van der Waals surface area contributed by atoms with Crippen LogP contribution in [0.4, 0.5) is 5.69 Å². The Kier molecular flexibility index (Phi) is 6.96. The van der Waals surface area contributed by atoms with Crippen LogP contribution in [0, 0.1) is 5.92 Å². The molecule has 2 fully saturated rings. The average Bonchev–Trinajstić information content (AvgIpc) is 3.72. The highest BCUT2D eigenvalue weighted by atomic mass is 16.2. The Morgan fingerprint density at radius 1 is 0.947 bits per heavy atom. The molecule has 38 heavy (non-hydrogen) atoms. The van der Waals surface area contributed by atoms with Gasteiger partial charge >= 0.3 is 0 Å². The van der Waals surface area contributed by atoms with Crippen LogP contribution in [0.3, 0.4) is 0 Å². The predicted octanol–water partition coefficient (Wildman–Crippen LogP) is 5.63. The van der Waals surface area contributed by atoms with Crippen LogP contribution in [0.5, 0.6) is 0 Å². The highest BCUT2D eigenvalue weighted by Gasteiger charge is 2.21. The third kappa shape index (κ3) is 5.36. The standard InChI is InChI=1S/C30H32N6O2/c37-28(14-20-5-1-2-6-20)27-10-8-24(18-32-27)33-30(38)29-25-15-22(7-9-26(25)34-35-29)23-13-21(16-31-17-23)19-36-11-3-4-12-36/h7-10,13,15-18,20H,1-6,11-12,14,19H2,(H,33,38)(H,34,35). The molecule has 0 spiro atoms. The molecule has 8 nitrogen and oxygen atoms in total. The van der Waals surface area contributed by atoms with E-state index in [2.05, 4.69) is 36.4 Å². The van der Waals surface area contributed by atoms with Gasteiger partial charge < -0.3 is 5.32 Å². The van der Waals surface area contributed by atoms with Crippen molar-refractivity contribution in [2.24, 2.45) is 5.92 Å². The van der Waals surface area contributed by atoms with E-state index in [9.17, 15) is 9.59 Å². The first-order valence-electron chi connectivity index (χ1n) is 13.6. The molecular weight excluding hydrogens is 476 g/mol. The second-order valence-electron chi connectivity index (χ2n) is 10.6. The van der Waals surface area contributed by atoms with Gasteiger partial charge in [0.15, 0.2) is 11.5 Å². The number of amides is 1. The summed E-state index contributed by atoms with van der Waals surface area (Å²) in [6.07, 6.45) is 13.1. The molecule has 8 heteroatoms. The Balaban J connectivity index is 1.17. The summed E-state index contributed by atoms with van der Waals surface area (Å²) >= 11 is 0. The molecule has 2 aliphatic rings. The Morgan fingerprint density at radius 3 is 2.58 bits per heavy atom. The minimum absolute atomic E-state index is 0.0691. The number of nitrogens with one attached hydrogen (secondary N) is 2. The van der Waals surface area contributed by atoms with Crippen molar-refractivity contribution in [3.63, 3.8) is 0 Å². The van der Waals surface area contributed by atoms with Gasteiger partial charge in [0.25, 0.3) is 5.91 Å². The van der Waals surface area contributed by atoms with Crippen molar-refractivity contribution in [2.45, 2.75) is 51.5 Å². The number of aromatic nitrogens is 4. The number of rotatable bonds is 8. The van der Waals surface area contributed by atoms with Gasteiger partial charge in [-0.25, -0.2) is 0 Å². The van der Waals surface area contributed by atoms with Gasteiger partial charge in [0.05, 0.1) is 17.4 Å². The molecule has 0 atom stereocenters. The number of aromatic amines is 1. The van der Waals surface area contributed by atoms with E-state index in [0.29, 0.717) is 29.4 Å². The first kappa shape index (κ1) is 24.4. The van der Waals surface area contributed by atoms with Gasteiger partial charge in [-0.3, -0.25) is 29.6 Å². The number of hydrogen-bond donors (Lipinski definition) is 2. The Hall–Kier alpha value is -3.91. The third-order valence-electron chi connectivity index (χ3n) is 7.77. The molecule has 0 unspecified atom stereocenters. The van der Waals surface area contributed by atoms with Gasteiger partial charge in [-0.1, -0.05) is 31.7 Å². The summed E-state index contributed by atoms with van der Waals surface area (Å²) < 4.78 is 0. The second-order valence-corrected chi connectivity index (χ2v) is 10.6. The fraction of sp³-hybridized carbons (Fsp3) is 0.367. The monoisotopic (exact) mass is 508 g/mol. The number of Topliss-reactive ketones (excluding diaryl/α,β-unsaturated/α-hetero) is 1. The van der Waals surface area contributed by atoms with Crippen LogP contribution in [-0.4, -0.2) is 49.8 Å².